The van der Waals surface area contributed by atoms with Crippen LogP contribution >= 0.6 is 40.1 Å². The maximum atomic E-state index is 7.87. The van der Waals surface area contributed by atoms with E-state index in [-0.39, 0.29) is 17.0 Å². The largest absolute Gasteiger partial charge is 0.293 e. The van der Waals surface area contributed by atoms with E-state index in [2.05, 4.69) is 12.1 Å². The van der Waals surface area contributed by atoms with Gasteiger partial charge in [-0.2, -0.15) is 11.3 Å². The first-order chi connectivity index (χ1) is 7.36. The lowest BCUT2D eigenvalue weighted by atomic mass is 10.2. The SMILES string of the molecule is Br.N=C(SCc1ccccc1)c1ccsc1. The quantitative estimate of drug-likeness (QED) is 0.650. The Labute approximate surface area is 114 Å². The highest BCUT2D eigenvalue weighted by Crippen LogP contribution is 2.19. The number of thiophene rings is 1. The summed E-state index contributed by atoms with van der Waals surface area (Å²) in [6, 6.07) is 12.2. The Bertz CT molecular complexity index is 426. The Hall–Kier alpha value is -0.580. The molecule has 0 aliphatic heterocycles. The molecule has 0 radical (unpaired) electrons. The lowest BCUT2D eigenvalue weighted by Crippen LogP contribution is -1.91. The summed E-state index contributed by atoms with van der Waals surface area (Å²) in [5, 5.41) is 12.5. The minimum absolute atomic E-state index is 0. The van der Waals surface area contributed by atoms with Crippen molar-refractivity contribution in [1.29, 1.82) is 5.41 Å². The van der Waals surface area contributed by atoms with Crippen molar-refractivity contribution in [3.05, 3.63) is 58.3 Å². The van der Waals surface area contributed by atoms with Crippen molar-refractivity contribution in [3.8, 4) is 0 Å². The topological polar surface area (TPSA) is 23.9 Å². The van der Waals surface area contributed by atoms with E-state index in [0.29, 0.717) is 5.04 Å². The van der Waals surface area contributed by atoms with Crippen LogP contribution in [0.3, 0.4) is 0 Å². The van der Waals surface area contributed by atoms with E-state index >= 15 is 0 Å². The zero-order chi connectivity index (χ0) is 10.5. The van der Waals surface area contributed by atoms with Crippen LogP contribution in [0.4, 0.5) is 0 Å². The molecule has 16 heavy (non-hydrogen) atoms. The monoisotopic (exact) mass is 313 g/mol. The summed E-state index contributed by atoms with van der Waals surface area (Å²) < 4.78 is 0. The van der Waals surface area contributed by atoms with Gasteiger partial charge in [-0.1, -0.05) is 30.3 Å². The molecule has 0 amide bonds. The fourth-order valence-electron chi connectivity index (χ4n) is 1.21. The standard InChI is InChI=1S/C12H11NS2.BrH/c13-12(11-6-7-14-9-11)15-8-10-4-2-1-3-5-10;/h1-7,9,13H,8H2;1H. The summed E-state index contributed by atoms with van der Waals surface area (Å²) in [4.78, 5) is 0. The van der Waals surface area contributed by atoms with Crippen molar-refractivity contribution in [2.75, 3.05) is 0 Å². The van der Waals surface area contributed by atoms with Crippen LogP contribution in [0.2, 0.25) is 0 Å². The molecule has 4 heteroatoms. The van der Waals surface area contributed by atoms with Gasteiger partial charge in [0.2, 0.25) is 0 Å². The third-order valence-electron chi connectivity index (χ3n) is 2.01. The van der Waals surface area contributed by atoms with Gasteiger partial charge in [0, 0.05) is 16.7 Å². The minimum atomic E-state index is 0. The van der Waals surface area contributed by atoms with E-state index in [1.54, 1.807) is 23.1 Å². The van der Waals surface area contributed by atoms with Crippen LogP contribution in [0.15, 0.2) is 47.2 Å². The fraction of sp³-hybridized carbons (Fsp3) is 0.0833. The van der Waals surface area contributed by atoms with Gasteiger partial charge in [0.25, 0.3) is 0 Å². The maximum Gasteiger partial charge on any atom is 0.0954 e. The Morgan fingerprint density at radius 3 is 2.56 bits per heavy atom. The highest BCUT2D eigenvalue weighted by atomic mass is 79.9. The molecular weight excluding hydrogens is 302 g/mol. The Morgan fingerprint density at radius 2 is 1.94 bits per heavy atom. The first-order valence-electron chi connectivity index (χ1n) is 4.64. The van der Waals surface area contributed by atoms with Crippen LogP contribution in [0, 0.1) is 5.41 Å². The third-order valence-corrected chi connectivity index (χ3v) is 3.69. The molecular formula is C12H12BrNS2. The van der Waals surface area contributed by atoms with E-state index in [1.807, 2.05) is 35.0 Å². The zero-order valence-electron chi connectivity index (χ0n) is 8.55. The molecule has 1 aromatic heterocycles. The second kappa shape index (κ2) is 6.89. The number of hydrogen-bond donors (Lipinski definition) is 1. The second-order valence-electron chi connectivity index (χ2n) is 3.12. The number of benzene rings is 1. The average molecular weight is 314 g/mol. The van der Waals surface area contributed by atoms with E-state index in [1.165, 1.54) is 5.56 Å². The molecule has 0 bridgehead atoms. The van der Waals surface area contributed by atoms with Gasteiger partial charge in [0.05, 0.1) is 5.04 Å². The van der Waals surface area contributed by atoms with Crippen molar-refractivity contribution >= 4 is 45.1 Å². The van der Waals surface area contributed by atoms with Crippen LogP contribution in [0.25, 0.3) is 0 Å². The molecule has 0 spiro atoms. The summed E-state index contributed by atoms with van der Waals surface area (Å²) in [6.45, 7) is 0. The van der Waals surface area contributed by atoms with Gasteiger partial charge in [-0.05, 0) is 17.0 Å². The van der Waals surface area contributed by atoms with Crippen molar-refractivity contribution in [2.24, 2.45) is 0 Å². The van der Waals surface area contributed by atoms with Gasteiger partial charge in [0.15, 0.2) is 0 Å². The van der Waals surface area contributed by atoms with Gasteiger partial charge in [-0.25, -0.2) is 0 Å². The van der Waals surface area contributed by atoms with Crippen LogP contribution in [-0.2, 0) is 5.75 Å². The molecule has 0 fully saturated rings. The smallest absolute Gasteiger partial charge is 0.0954 e. The molecule has 0 aliphatic carbocycles. The Balaban J connectivity index is 0.00000128. The predicted molar refractivity (Wildman–Crippen MR) is 79.2 cm³/mol. The van der Waals surface area contributed by atoms with Crippen molar-refractivity contribution in [1.82, 2.24) is 0 Å². The number of thioether (sulfide) groups is 1. The van der Waals surface area contributed by atoms with E-state index in [4.69, 9.17) is 5.41 Å². The van der Waals surface area contributed by atoms with Crippen molar-refractivity contribution in [2.45, 2.75) is 5.75 Å². The summed E-state index contributed by atoms with van der Waals surface area (Å²) in [5.41, 5.74) is 2.29. The second-order valence-corrected chi connectivity index (χ2v) is 4.88. The van der Waals surface area contributed by atoms with E-state index < -0.39 is 0 Å². The van der Waals surface area contributed by atoms with Crippen LogP contribution in [0.1, 0.15) is 11.1 Å². The minimum Gasteiger partial charge on any atom is -0.293 e. The summed E-state index contributed by atoms with van der Waals surface area (Å²) >= 11 is 3.21. The lowest BCUT2D eigenvalue weighted by Gasteiger charge is -2.01. The van der Waals surface area contributed by atoms with E-state index in [9.17, 15) is 0 Å². The molecule has 1 aromatic carbocycles. The molecule has 2 rings (SSSR count). The molecule has 1 heterocycles. The third kappa shape index (κ3) is 3.77. The van der Waals surface area contributed by atoms with Gasteiger partial charge < -0.3 is 0 Å². The molecule has 0 unspecified atom stereocenters. The fourth-order valence-corrected chi connectivity index (χ4v) is 2.73. The highest BCUT2D eigenvalue weighted by Gasteiger charge is 2.02. The summed E-state index contributed by atoms with van der Waals surface area (Å²) in [6.07, 6.45) is 0. The molecule has 1 N–H and O–H groups in total. The number of rotatable bonds is 3. The lowest BCUT2D eigenvalue weighted by molar-refractivity contribution is 1.42. The molecule has 0 atom stereocenters. The first kappa shape index (κ1) is 13.5. The molecule has 0 aliphatic rings. The highest BCUT2D eigenvalue weighted by molar-refractivity contribution is 8.93. The number of nitrogens with one attached hydrogen (secondary N) is 1. The van der Waals surface area contributed by atoms with Crippen molar-refractivity contribution in [3.63, 3.8) is 0 Å². The van der Waals surface area contributed by atoms with Crippen molar-refractivity contribution < 1.29 is 0 Å². The molecule has 0 saturated carbocycles. The number of hydrogen-bond acceptors (Lipinski definition) is 3. The summed E-state index contributed by atoms with van der Waals surface area (Å²) in [5.74, 6) is 0.871. The van der Waals surface area contributed by atoms with E-state index in [0.717, 1.165) is 11.3 Å². The van der Waals surface area contributed by atoms with Gasteiger partial charge in [-0.3, -0.25) is 5.41 Å². The Kier molecular flexibility index (Phi) is 5.80. The molecule has 2 aromatic rings. The maximum absolute atomic E-state index is 7.87. The molecule has 84 valence electrons. The predicted octanol–water partition coefficient (Wildman–Crippen LogP) is 4.58. The van der Waals surface area contributed by atoms with Gasteiger partial charge in [-0.15, -0.1) is 28.7 Å². The average Bonchev–Trinajstić information content (AvgIpc) is 2.81. The molecule has 1 nitrogen and oxygen atoms in total. The molecule has 0 saturated heterocycles. The normalized spacial score (nSPS) is 9.50. The van der Waals surface area contributed by atoms with Gasteiger partial charge >= 0.3 is 0 Å². The van der Waals surface area contributed by atoms with Crippen LogP contribution < -0.4 is 0 Å². The van der Waals surface area contributed by atoms with Crippen LogP contribution in [0.5, 0.6) is 0 Å². The van der Waals surface area contributed by atoms with Crippen LogP contribution in [-0.4, -0.2) is 5.04 Å². The summed E-state index contributed by atoms with van der Waals surface area (Å²) in [7, 11) is 0. The first-order valence-corrected chi connectivity index (χ1v) is 6.57. The Morgan fingerprint density at radius 1 is 1.19 bits per heavy atom. The zero-order valence-corrected chi connectivity index (χ0v) is 11.9. The number of halogens is 1. The van der Waals surface area contributed by atoms with Gasteiger partial charge in [0.1, 0.15) is 0 Å².